The highest BCUT2D eigenvalue weighted by molar-refractivity contribution is 7.99. The molecule has 0 aromatic carbocycles. The summed E-state index contributed by atoms with van der Waals surface area (Å²) < 4.78 is 0. The zero-order valence-corrected chi connectivity index (χ0v) is 12.8. The summed E-state index contributed by atoms with van der Waals surface area (Å²) in [5, 5.41) is 11.3. The number of hydrogen-bond donors (Lipinski definition) is 3. The zero-order valence-electron chi connectivity index (χ0n) is 11.1. The minimum Gasteiger partial charge on any atom is -0.480 e. The number of amides is 2. The summed E-state index contributed by atoms with van der Waals surface area (Å²) >= 11 is 5.63. The Morgan fingerprint density at radius 3 is 2.75 bits per heavy atom. The van der Waals surface area contributed by atoms with Gasteiger partial charge in [0, 0.05) is 0 Å². The van der Waals surface area contributed by atoms with Crippen LogP contribution in [0.15, 0.2) is 0 Å². The van der Waals surface area contributed by atoms with E-state index in [-0.39, 0.29) is 17.2 Å². The molecule has 1 unspecified atom stereocenters. The van der Waals surface area contributed by atoms with Gasteiger partial charge in [0.15, 0.2) is 0 Å². The molecular weight excluding hydrogens is 300 g/mol. The summed E-state index contributed by atoms with van der Waals surface area (Å²) in [6, 6.07) is -1.42. The fourth-order valence-corrected chi connectivity index (χ4v) is 3.97. The summed E-state index contributed by atoms with van der Waals surface area (Å²) in [5.74, 6) is -0.838. The molecule has 0 spiro atoms. The first kappa shape index (κ1) is 15.5. The Morgan fingerprint density at radius 1 is 1.45 bits per heavy atom. The van der Waals surface area contributed by atoms with Crippen molar-refractivity contribution in [3.63, 3.8) is 0 Å². The van der Waals surface area contributed by atoms with Crippen LogP contribution in [0.3, 0.4) is 0 Å². The van der Waals surface area contributed by atoms with Crippen LogP contribution in [-0.2, 0) is 14.4 Å². The molecular formula is C12H18N2O4S2. The summed E-state index contributed by atoms with van der Waals surface area (Å²) in [6.07, 6.45) is 1.69. The Balaban J connectivity index is 2.15. The zero-order chi connectivity index (χ0) is 14.9. The molecule has 4 atom stereocenters. The van der Waals surface area contributed by atoms with Gasteiger partial charge in [0.1, 0.15) is 12.1 Å². The van der Waals surface area contributed by atoms with Gasteiger partial charge in [-0.25, -0.2) is 4.79 Å². The molecule has 20 heavy (non-hydrogen) atoms. The molecule has 112 valence electrons. The van der Waals surface area contributed by atoms with Gasteiger partial charge in [-0.05, 0) is 31.9 Å². The standard InChI is InChI=1S/C12H18N2O4S2/c1-6(19)10(15)13-7-4-5-20-9-3-2-8(12(17)18)14(9)11(7)16/h6-9,19H,2-5H2,1H3,(H,13,15)(H,17,18)/t6?,7-,8-,9-/m0/s1. The first-order valence-electron chi connectivity index (χ1n) is 6.57. The lowest BCUT2D eigenvalue weighted by atomic mass is 10.1. The molecule has 2 heterocycles. The summed E-state index contributed by atoms with van der Waals surface area (Å²) in [7, 11) is 0. The molecule has 2 aliphatic heterocycles. The van der Waals surface area contributed by atoms with E-state index in [1.807, 2.05) is 0 Å². The van der Waals surface area contributed by atoms with E-state index in [1.165, 1.54) is 4.90 Å². The van der Waals surface area contributed by atoms with Gasteiger partial charge in [0.05, 0.1) is 10.6 Å². The van der Waals surface area contributed by atoms with Crippen molar-refractivity contribution in [1.29, 1.82) is 0 Å². The molecule has 0 saturated carbocycles. The monoisotopic (exact) mass is 318 g/mol. The molecule has 2 aliphatic rings. The van der Waals surface area contributed by atoms with E-state index in [0.717, 1.165) is 5.75 Å². The van der Waals surface area contributed by atoms with Crippen molar-refractivity contribution in [2.45, 2.75) is 48.9 Å². The van der Waals surface area contributed by atoms with Gasteiger partial charge in [0.25, 0.3) is 0 Å². The Hall–Kier alpha value is -0.890. The molecule has 2 rings (SSSR count). The highest BCUT2D eigenvalue weighted by Gasteiger charge is 2.45. The number of hydrogen-bond acceptors (Lipinski definition) is 5. The smallest absolute Gasteiger partial charge is 0.326 e. The predicted molar refractivity (Wildman–Crippen MR) is 78.7 cm³/mol. The highest BCUT2D eigenvalue weighted by atomic mass is 32.2. The summed E-state index contributed by atoms with van der Waals surface area (Å²) in [6.45, 7) is 1.63. The fourth-order valence-electron chi connectivity index (χ4n) is 2.53. The van der Waals surface area contributed by atoms with E-state index in [0.29, 0.717) is 19.3 Å². The predicted octanol–water partition coefficient (Wildman–Crippen LogP) is 0.328. The second-order valence-corrected chi connectivity index (χ2v) is 7.09. The molecule has 6 nitrogen and oxygen atoms in total. The van der Waals surface area contributed by atoms with Crippen molar-refractivity contribution >= 4 is 42.2 Å². The maximum Gasteiger partial charge on any atom is 0.326 e. The number of nitrogens with one attached hydrogen (secondary N) is 1. The maximum atomic E-state index is 12.5. The Morgan fingerprint density at radius 2 is 2.15 bits per heavy atom. The average molecular weight is 318 g/mol. The van der Waals surface area contributed by atoms with Crippen LogP contribution in [0, 0.1) is 0 Å². The SMILES string of the molecule is CC(S)C(=O)N[C@H]1CCS[C@H]2CC[C@@H](C(=O)O)N2C1=O. The second kappa shape index (κ2) is 6.26. The molecule has 2 fully saturated rings. The van der Waals surface area contributed by atoms with Crippen molar-refractivity contribution in [3.05, 3.63) is 0 Å². The van der Waals surface area contributed by atoms with Crippen LogP contribution in [-0.4, -0.2) is 56.3 Å². The topological polar surface area (TPSA) is 86.7 Å². The number of rotatable bonds is 3. The number of thioether (sulfide) groups is 1. The van der Waals surface area contributed by atoms with Crippen LogP contribution in [0.1, 0.15) is 26.2 Å². The first-order valence-corrected chi connectivity index (χ1v) is 8.13. The molecule has 2 saturated heterocycles. The average Bonchev–Trinajstić information content (AvgIpc) is 2.74. The third-order valence-corrected chi connectivity index (χ3v) is 5.14. The normalized spacial score (nSPS) is 31.4. The number of aliphatic carboxylic acids is 1. The van der Waals surface area contributed by atoms with Crippen LogP contribution in [0.5, 0.6) is 0 Å². The fraction of sp³-hybridized carbons (Fsp3) is 0.750. The Bertz CT molecular complexity index is 430. The van der Waals surface area contributed by atoms with Gasteiger partial charge in [-0.1, -0.05) is 0 Å². The van der Waals surface area contributed by atoms with Crippen molar-refractivity contribution in [2.75, 3.05) is 5.75 Å². The lowest BCUT2D eigenvalue weighted by molar-refractivity contribution is -0.149. The van der Waals surface area contributed by atoms with Crippen LogP contribution >= 0.6 is 24.4 Å². The molecule has 0 aromatic heterocycles. The van der Waals surface area contributed by atoms with Crippen LogP contribution < -0.4 is 5.32 Å². The summed E-state index contributed by atoms with van der Waals surface area (Å²) in [4.78, 5) is 36.9. The van der Waals surface area contributed by atoms with Crippen LogP contribution in [0.2, 0.25) is 0 Å². The van der Waals surface area contributed by atoms with Gasteiger partial charge >= 0.3 is 5.97 Å². The lowest BCUT2D eigenvalue weighted by Gasteiger charge is -2.28. The number of nitrogens with zero attached hydrogens (tertiary/aromatic N) is 1. The minimum absolute atomic E-state index is 0.0843. The van der Waals surface area contributed by atoms with E-state index >= 15 is 0 Å². The van der Waals surface area contributed by atoms with Crippen molar-refractivity contribution in [2.24, 2.45) is 0 Å². The van der Waals surface area contributed by atoms with E-state index < -0.39 is 23.3 Å². The molecule has 0 bridgehead atoms. The minimum atomic E-state index is -0.976. The third kappa shape index (κ3) is 3.06. The second-order valence-electron chi connectivity index (χ2n) is 5.03. The largest absolute Gasteiger partial charge is 0.480 e. The molecule has 2 amide bonds. The molecule has 2 N–H and O–H groups in total. The molecule has 0 aromatic rings. The van der Waals surface area contributed by atoms with E-state index in [1.54, 1.807) is 18.7 Å². The van der Waals surface area contributed by atoms with Crippen molar-refractivity contribution < 1.29 is 19.5 Å². The van der Waals surface area contributed by atoms with Gasteiger partial charge < -0.3 is 15.3 Å². The van der Waals surface area contributed by atoms with E-state index in [9.17, 15) is 19.5 Å². The van der Waals surface area contributed by atoms with Gasteiger partial charge in [-0.3, -0.25) is 9.59 Å². The Kier molecular flexibility index (Phi) is 4.85. The number of thiol groups is 1. The Labute approximate surface area is 127 Å². The number of carbonyl (C=O) groups excluding carboxylic acids is 2. The third-order valence-electron chi connectivity index (χ3n) is 3.58. The van der Waals surface area contributed by atoms with Crippen molar-refractivity contribution in [3.8, 4) is 0 Å². The van der Waals surface area contributed by atoms with Gasteiger partial charge in [-0.2, -0.15) is 12.6 Å². The van der Waals surface area contributed by atoms with Crippen molar-refractivity contribution in [1.82, 2.24) is 10.2 Å². The molecule has 0 radical (unpaired) electrons. The maximum absolute atomic E-state index is 12.5. The lowest BCUT2D eigenvalue weighted by Crippen LogP contribution is -2.53. The van der Waals surface area contributed by atoms with E-state index in [2.05, 4.69) is 17.9 Å². The number of carbonyl (C=O) groups is 3. The van der Waals surface area contributed by atoms with Crippen LogP contribution in [0.4, 0.5) is 0 Å². The van der Waals surface area contributed by atoms with Crippen LogP contribution in [0.25, 0.3) is 0 Å². The van der Waals surface area contributed by atoms with E-state index in [4.69, 9.17) is 0 Å². The molecule has 8 heteroatoms. The summed E-state index contributed by atoms with van der Waals surface area (Å²) in [5.41, 5.74) is 0. The molecule has 0 aliphatic carbocycles. The first-order chi connectivity index (χ1) is 9.41. The van der Waals surface area contributed by atoms with Gasteiger partial charge in [0.2, 0.25) is 11.8 Å². The number of fused-ring (bicyclic) bond motifs is 1. The number of carboxylic acids is 1. The quantitative estimate of drug-likeness (QED) is 0.653. The van der Waals surface area contributed by atoms with Gasteiger partial charge in [-0.15, -0.1) is 11.8 Å². The highest BCUT2D eigenvalue weighted by Crippen LogP contribution is 2.35. The number of carboxylic acid groups (broad SMARTS) is 1.